The van der Waals surface area contributed by atoms with Gasteiger partial charge in [0.1, 0.15) is 6.07 Å². The van der Waals surface area contributed by atoms with Gasteiger partial charge >= 0.3 is 5.97 Å². The number of nitrogens with zero attached hydrogens (tertiary/aromatic N) is 1. The number of esters is 1. The molecule has 25 heavy (non-hydrogen) atoms. The number of rotatable bonds is 6. The number of nitrogens with one attached hydrogen (secondary N) is 1. The molecule has 1 atom stereocenters. The van der Waals surface area contributed by atoms with Crippen LogP contribution in [0.2, 0.25) is 0 Å². The Morgan fingerprint density at radius 1 is 1.24 bits per heavy atom. The molecule has 1 N–H and O–H groups in total. The van der Waals surface area contributed by atoms with Gasteiger partial charge in [-0.2, -0.15) is 5.26 Å². The minimum atomic E-state index is -0.954. The monoisotopic (exact) mass is 418 g/mol. The summed E-state index contributed by atoms with van der Waals surface area (Å²) in [5.41, 5.74) is 0.738. The first-order chi connectivity index (χ1) is 12.0. The minimum absolute atomic E-state index is 0.105. The van der Waals surface area contributed by atoms with Crippen LogP contribution in [-0.2, 0) is 14.3 Å². The zero-order valence-electron chi connectivity index (χ0n) is 13.4. The predicted molar refractivity (Wildman–Crippen MR) is 100 cm³/mol. The number of carbonyl (C=O) groups excluding carboxylic acids is 2. The molecule has 0 fully saturated rings. The number of hydrogen-bond acceptors (Lipinski definition) is 5. The van der Waals surface area contributed by atoms with Crippen molar-refractivity contribution in [3.63, 3.8) is 0 Å². The standard InChI is InChI=1S/C18H15BrN2O3S/c1-12(18(23)21-16-5-3-2-4-13(16)10-20)24-17(22)11-25-15-8-6-14(19)7-9-15/h2-9,12H,11H2,1H3,(H,21,23). The Morgan fingerprint density at radius 2 is 1.92 bits per heavy atom. The van der Waals surface area contributed by atoms with Gasteiger partial charge in [-0.25, -0.2) is 0 Å². The second kappa shape index (κ2) is 9.25. The molecule has 2 aromatic rings. The first-order valence-corrected chi connectivity index (χ1v) is 9.15. The maximum atomic E-state index is 12.1. The fourth-order valence-electron chi connectivity index (χ4n) is 1.88. The summed E-state index contributed by atoms with van der Waals surface area (Å²) in [6, 6.07) is 16.2. The second-order valence-electron chi connectivity index (χ2n) is 5.02. The van der Waals surface area contributed by atoms with Gasteiger partial charge < -0.3 is 10.1 Å². The molecule has 0 spiro atoms. The molecule has 0 aliphatic carbocycles. The van der Waals surface area contributed by atoms with Gasteiger partial charge in [-0.15, -0.1) is 11.8 Å². The average Bonchev–Trinajstić information content (AvgIpc) is 2.61. The first kappa shape index (κ1) is 19.0. The van der Waals surface area contributed by atoms with E-state index < -0.39 is 18.0 Å². The van der Waals surface area contributed by atoms with E-state index >= 15 is 0 Å². The van der Waals surface area contributed by atoms with Crippen molar-refractivity contribution in [3.8, 4) is 6.07 Å². The van der Waals surface area contributed by atoms with Crippen LogP contribution < -0.4 is 5.32 Å². The van der Waals surface area contributed by atoms with Crippen LogP contribution in [0.4, 0.5) is 5.69 Å². The van der Waals surface area contributed by atoms with Crippen molar-refractivity contribution >= 4 is 45.3 Å². The van der Waals surface area contributed by atoms with E-state index in [0.717, 1.165) is 9.37 Å². The lowest BCUT2D eigenvalue weighted by molar-refractivity contribution is -0.150. The van der Waals surface area contributed by atoms with Crippen LogP contribution in [-0.4, -0.2) is 23.7 Å². The second-order valence-corrected chi connectivity index (χ2v) is 6.99. The van der Waals surface area contributed by atoms with E-state index in [9.17, 15) is 9.59 Å². The van der Waals surface area contributed by atoms with Gasteiger partial charge in [0.05, 0.1) is 17.0 Å². The van der Waals surface area contributed by atoms with E-state index in [-0.39, 0.29) is 5.75 Å². The molecular weight excluding hydrogens is 404 g/mol. The highest BCUT2D eigenvalue weighted by Crippen LogP contribution is 2.21. The number of amides is 1. The fourth-order valence-corrected chi connectivity index (χ4v) is 2.83. The molecular formula is C18H15BrN2O3S. The molecule has 0 aliphatic rings. The van der Waals surface area contributed by atoms with Gasteiger partial charge in [-0.05, 0) is 43.3 Å². The van der Waals surface area contributed by atoms with E-state index in [4.69, 9.17) is 10.00 Å². The third-order valence-corrected chi connectivity index (χ3v) is 4.67. The highest BCUT2D eigenvalue weighted by molar-refractivity contribution is 9.10. The summed E-state index contributed by atoms with van der Waals surface area (Å²) in [4.78, 5) is 24.9. The number of nitriles is 1. The molecule has 0 bridgehead atoms. The van der Waals surface area contributed by atoms with Gasteiger partial charge in [-0.1, -0.05) is 28.1 Å². The van der Waals surface area contributed by atoms with Crippen molar-refractivity contribution in [2.45, 2.75) is 17.9 Å². The third kappa shape index (κ3) is 5.93. The van der Waals surface area contributed by atoms with Crippen molar-refractivity contribution in [1.82, 2.24) is 0 Å². The zero-order chi connectivity index (χ0) is 18.2. The molecule has 0 aliphatic heterocycles. The van der Waals surface area contributed by atoms with Crippen molar-refractivity contribution in [3.05, 3.63) is 58.6 Å². The predicted octanol–water partition coefficient (Wildman–Crippen LogP) is 3.98. The maximum absolute atomic E-state index is 12.1. The number of halogens is 1. The van der Waals surface area contributed by atoms with Crippen LogP contribution in [0.15, 0.2) is 57.9 Å². The van der Waals surface area contributed by atoms with Crippen LogP contribution >= 0.6 is 27.7 Å². The quantitative estimate of drug-likeness (QED) is 0.566. The molecule has 0 saturated carbocycles. The Balaban J connectivity index is 1.84. The summed E-state index contributed by atoms with van der Waals surface area (Å²) in [6.07, 6.45) is -0.954. The zero-order valence-corrected chi connectivity index (χ0v) is 15.8. The average molecular weight is 419 g/mol. The molecule has 2 aromatic carbocycles. The molecule has 7 heteroatoms. The molecule has 5 nitrogen and oxygen atoms in total. The number of anilines is 1. The summed E-state index contributed by atoms with van der Waals surface area (Å²) in [7, 11) is 0. The summed E-state index contributed by atoms with van der Waals surface area (Å²) >= 11 is 4.68. The number of hydrogen-bond donors (Lipinski definition) is 1. The topological polar surface area (TPSA) is 79.2 Å². The molecule has 0 saturated heterocycles. The van der Waals surface area contributed by atoms with E-state index in [1.54, 1.807) is 24.3 Å². The van der Waals surface area contributed by atoms with Crippen LogP contribution in [0.5, 0.6) is 0 Å². The van der Waals surface area contributed by atoms with Crippen molar-refractivity contribution in [1.29, 1.82) is 5.26 Å². The normalized spacial score (nSPS) is 11.2. The lowest BCUT2D eigenvalue weighted by atomic mass is 10.2. The lowest BCUT2D eigenvalue weighted by Gasteiger charge is -2.14. The Labute approximate surface area is 158 Å². The molecule has 0 radical (unpaired) electrons. The smallest absolute Gasteiger partial charge is 0.317 e. The number of carbonyl (C=O) groups is 2. The SMILES string of the molecule is CC(OC(=O)CSc1ccc(Br)cc1)C(=O)Nc1ccccc1C#N. The van der Waals surface area contributed by atoms with Gasteiger partial charge in [0.25, 0.3) is 5.91 Å². The van der Waals surface area contributed by atoms with Crippen LogP contribution in [0.25, 0.3) is 0 Å². The van der Waals surface area contributed by atoms with Crippen molar-refractivity contribution < 1.29 is 14.3 Å². The van der Waals surface area contributed by atoms with E-state index in [2.05, 4.69) is 21.2 Å². The summed E-state index contributed by atoms with van der Waals surface area (Å²) in [6.45, 7) is 1.49. The highest BCUT2D eigenvalue weighted by Gasteiger charge is 2.19. The summed E-state index contributed by atoms with van der Waals surface area (Å²) in [5, 5.41) is 11.6. The maximum Gasteiger partial charge on any atom is 0.317 e. The molecule has 1 amide bonds. The van der Waals surface area contributed by atoms with E-state index in [0.29, 0.717) is 11.3 Å². The van der Waals surface area contributed by atoms with E-state index in [1.165, 1.54) is 18.7 Å². The van der Waals surface area contributed by atoms with Crippen LogP contribution in [0.3, 0.4) is 0 Å². The Hall–Kier alpha value is -2.30. The number of benzene rings is 2. The van der Waals surface area contributed by atoms with Crippen LogP contribution in [0.1, 0.15) is 12.5 Å². The highest BCUT2D eigenvalue weighted by atomic mass is 79.9. The Kier molecular flexibility index (Phi) is 7.04. The van der Waals surface area contributed by atoms with Crippen LogP contribution in [0, 0.1) is 11.3 Å². The van der Waals surface area contributed by atoms with Gasteiger partial charge in [-0.3, -0.25) is 9.59 Å². The Bertz CT molecular complexity index is 803. The van der Waals surface area contributed by atoms with Crippen molar-refractivity contribution in [2.24, 2.45) is 0 Å². The third-order valence-electron chi connectivity index (χ3n) is 3.15. The van der Waals surface area contributed by atoms with Crippen molar-refractivity contribution in [2.75, 3.05) is 11.1 Å². The summed E-state index contributed by atoms with van der Waals surface area (Å²) < 4.78 is 6.10. The first-order valence-electron chi connectivity index (χ1n) is 7.37. The fraction of sp³-hybridized carbons (Fsp3) is 0.167. The van der Waals surface area contributed by atoms with Gasteiger partial charge in [0.2, 0.25) is 0 Å². The number of thioether (sulfide) groups is 1. The number of ether oxygens (including phenoxy) is 1. The molecule has 2 rings (SSSR count). The van der Waals surface area contributed by atoms with Gasteiger partial charge in [0, 0.05) is 9.37 Å². The lowest BCUT2D eigenvalue weighted by Crippen LogP contribution is -2.30. The van der Waals surface area contributed by atoms with E-state index in [1.807, 2.05) is 30.3 Å². The Morgan fingerprint density at radius 3 is 2.60 bits per heavy atom. The molecule has 0 aromatic heterocycles. The number of para-hydroxylation sites is 1. The largest absolute Gasteiger partial charge is 0.452 e. The summed E-state index contributed by atoms with van der Waals surface area (Å²) in [5.74, 6) is -0.859. The molecule has 128 valence electrons. The van der Waals surface area contributed by atoms with Gasteiger partial charge in [0.15, 0.2) is 6.10 Å². The molecule has 0 heterocycles. The minimum Gasteiger partial charge on any atom is -0.452 e. The molecule has 1 unspecified atom stereocenters.